The average molecular weight is 301 g/mol. The van der Waals surface area contributed by atoms with Gasteiger partial charge in [-0.1, -0.05) is 0 Å². The summed E-state index contributed by atoms with van der Waals surface area (Å²) in [6.07, 6.45) is 3.19. The quantitative estimate of drug-likeness (QED) is 0.770. The molecule has 9 heteroatoms. The number of aromatic amines is 1. The summed E-state index contributed by atoms with van der Waals surface area (Å²) in [4.78, 5) is 30.3. The first kappa shape index (κ1) is 14.5. The number of rotatable bonds is 3. The smallest absolute Gasteiger partial charge is 0.308 e. The molecule has 110 valence electrons. The monoisotopic (exact) mass is 301 g/mol. The number of H-pyrrole nitrogens is 1. The maximum atomic E-state index is 11.7. The minimum absolute atomic E-state index is 0.202. The number of nitrogens with one attached hydrogen (secondary N) is 1. The zero-order chi connectivity index (χ0) is 14.9. The first-order chi connectivity index (χ1) is 9.29. The second-order valence-electron chi connectivity index (χ2n) is 4.80. The first-order valence-electron chi connectivity index (χ1n) is 6.06. The molecule has 0 aliphatic carbocycles. The molecule has 2 heterocycles. The summed E-state index contributed by atoms with van der Waals surface area (Å²) in [5, 5.41) is 9.01. The lowest BCUT2D eigenvalue weighted by atomic mass is 9.99. The Hall–Kier alpha value is -1.90. The minimum atomic E-state index is -3.62. The highest BCUT2D eigenvalue weighted by molar-refractivity contribution is 7.90. The fraction of sp³-hybridized carbons (Fsp3) is 0.545. The molecule has 0 radical (unpaired) electrons. The zero-order valence-electron chi connectivity index (χ0n) is 10.9. The second kappa shape index (κ2) is 5.23. The van der Waals surface area contributed by atoms with Crippen molar-refractivity contribution in [2.75, 3.05) is 24.2 Å². The molecule has 20 heavy (non-hydrogen) atoms. The van der Waals surface area contributed by atoms with Crippen LogP contribution in [0.4, 0.5) is 5.95 Å². The summed E-state index contributed by atoms with van der Waals surface area (Å²) in [6.45, 7) is 0.821. The van der Waals surface area contributed by atoms with Crippen molar-refractivity contribution < 1.29 is 18.3 Å². The van der Waals surface area contributed by atoms with Gasteiger partial charge in [-0.3, -0.25) is 14.6 Å². The summed E-state index contributed by atoms with van der Waals surface area (Å²) in [5.41, 5.74) is -0.741. The maximum absolute atomic E-state index is 11.7. The molecule has 1 saturated heterocycles. The number of aromatic nitrogens is 2. The number of sulfone groups is 1. The van der Waals surface area contributed by atoms with Gasteiger partial charge in [0.15, 0.2) is 9.84 Å². The van der Waals surface area contributed by atoms with E-state index in [2.05, 4.69) is 9.97 Å². The fourth-order valence-corrected chi connectivity index (χ4v) is 2.80. The highest BCUT2D eigenvalue weighted by atomic mass is 32.2. The minimum Gasteiger partial charge on any atom is -0.481 e. The van der Waals surface area contributed by atoms with Crippen LogP contribution in [0, 0.1) is 5.92 Å². The van der Waals surface area contributed by atoms with Crippen LogP contribution in [-0.4, -0.2) is 48.8 Å². The number of piperidine rings is 1. The van der Waals surface area contributed by atoms with Crippen LogP contribution in [-0.2, 0) is 14.6 Å². The van der Waals surface area contributed by atoms with Gasteiger partial charge in [-0.25, -0.2) is 13.4 Å². The molecule has 1 aliphatic heterocycles. The van der Waals surface area contributed by atoms with E-state index in [1.54, 1.807) is 4.90 Å². The van der Waals surface area contributed by atoms with Crippen molar-refractivity contribution in [1.29, 1.82) is 0 Å². The van der Waals surface area contributed by atoms with Crippen LogP contribution in [0.15, 0.2) is 15.9 Å². The van der Waals surface area contributed by atoms with Crippen LogP contribution in [0.1, 0.15) is 12.8 Å². The Labute approximate surface area is 115 Å². The fourth-order valence-electron chi connectivity index (χ4n) is 2.17. The predicted molar refractivity (Wildman–Crippen MR) is 70.5 cm³/mol. The van der Waals surface area contributed by atoms with Crippen molar-refractivity contribution in [3.63, 3.8) is 0 Å². The van der Waals surface area contributed by atoms with Gasteiger partial charge in [0.1, 0.15) is 4.90 Å². The number of hydrogen-bond donors (Lipinski definition) is 2. The van der Waals surface area contributed by atoms with Gasteiger partial charge >= 0.3 is 5.97 Å². The number of nitrogens with zero attached hydrogens (tertiary/aromatic N) is 2. The third kappa shape index (κ3) is 2.98. The molecule has 1 atom stereocenters. The van der Waals surface area contributed by atoms with Crippen molar-refractivity contribution in [2.45, 2.75) is 17.7 Å². The Morgan fingerprint density at radius 3 is 2.80 bits per heavy atom. The van der Waals surface area contributed by atoms with Crippen molar-refractivity contribution in [2.24, 2.45) is 5.92 Å². The lowest BCUT2D eigenvalue weighted by molar-refractivity contribution is -0.141. The zero-order valence-corrected chi connectivity index (χ0v) is 11.7. The molecule has 0 spiro atoms. The van der Waals surface area contributed by atoms with E-state index in [4.69, 9.17) is 5.11 Å². The van der Waals surface area contributed by atoms with E-state index in [0.717, 1.165) is 12.5 Å². The molecular weight excluding hydrogens is 286 g/mol. The first-order valence-corrected chi connectivity index (χ1v) is 7.95. The Morgan fingerprint density at radius 2 is 2.25 bits per heavy atom. The van der Waals surface area contributed by atoms with Gasteiger partial charge in [-0.2, -0.15) is 0 Å². The second-order valence-corrected chi connectivity index (χ2v) is 6.78. The largest absolute Gasteiger partial charge is 0.481 e. The average Bonchev–Trinajstić information content (AvgIpc) is 2.37. The Morgan fingerprint density at radius 1 is 1.55 bits per heavy atom. The molecule has 1 aliphatic rings. The predicted octanol–water partition coefficient (Wildman–Crippen LogP) is -0.526. The van der Waals surface area contributed by atoms with Crippen LogP contribution in [0.3, 0.4) is 0 Å². The molecule has 2 N–H and O–H groups in total. The van der Waals surface area contributed by atoms with E-state index in [-0.39, 0.29) is 12.5 Å². The maximum Gasteiger partial charge on any atom is 0.308 e. The highest BCUT2D eigenvalue weighted by Gasteiger charge is 2.27. The normalized spacial score (nSPS) is 19.9. The molecule has 2 rings (SSSR count). The number of hydrogen-bond acceptors (Lipinski definition) is 6. The summed E-state index contributed by atoms with van der Waals surface area (Å²) >= 11 is 0. The Bertz CT molecular complexity index is 682. The van der Waals surface area contributed by atoms with Crippen molar-refractivity contribution in [1.82, 2.24) is 9.97 Å². The summed E-state index contributed by atoms with van der Waals surface area (Å²) in [5.74, 6) is -1.19. The molecular formula is C11H15N3O5S. The van der Waals surface area contributed by atoms with Crippen LogP contribution >= 0.6 is 0 Å². The van der Waals surface area contributed by atoms with Gasteiger partial charge in [0, 0.05) is 19.3 Å². The number of anilines is 1. The molecule has 1 aromatic heterocycles. The van der Waals surface area contributed by atoms with Gasteiger partial charge in [-0.05, 0) is 12.8 Å². The molecule has 8 nitrogen and oxygen atoms in total. The van der Waals surface area contributed by atoms with Crippen LogP contribution < -0.4 is 10.5 Å². The van der Waals surface area contributed by atoms with E-state index in [9.17, 15) is 18.0 Å². The van der Waals surface area contributed by atoms with Gasteiger partial charge < -0.3 is 10.0 Å². The molecule has 0 bridgehead atoms. The summed E-state index contributed by atoms with van der Waals surface area (Å²) < 4.78 is 22.7. The number of carboxylic acids is 1. The van der Waals surface area contributed by atoms with E-state index in [1.807, 2.05) is 0 Å². The molecule has 0 aromatic carbocycles. The molecule has 1 unspecified atom stereocenters. The Balaban J connectivity index is 2.28. The van der Waals surface area contributed by atoms with Gasteiger partial charge in [0.25, 0.3) is 5.56 Å². The van der Waals surface area contributed by atoms with Gasteiger partial charge in [0.05, 0.1) is 12.1 Å². The van der Waals surface area contributed by atoms with Crippen molar-refractivity contribution >= 4 is 21.8 Å². The highest BCUT2D eigenvalue weighted by Crippen LogP contribution is 2.19. The standard InChI is InChI=1S/C11H15N3O5S/c1-20(18,19)8-5-12-11(13-9(8)15)14-4-2-3-7(6-14)10(16)17/h5,7H,2-4,6H2,1H3,(H,16,17)(H,12,13,15). The molecule has 1 fully saturated rings. The van der Waals surface area contributed by atoms with Gasteiger partial charge in [-0.15, -0.1) is 0 Å². The topological polar surface area (TPSA) is 120 Å². The van der Waals surface area contributed by atoms with E-state index in [1.165, 1.54) is 0 Å². The van der Waals surface area contributed by atoms with Crippen LogP contribution in [0.5, 0.6) is 0 Å². The third-order valence-electron chi connectivity index (χ3n) is 3.22. The lowest BCUT2D eigenvalue weighted by Crippen LogP contribution is -2.40. The van der Waals surface area contributed by atoms with Crippen LogP contribution in [0.2, 0.25) is 0 Å². The molecule has 0 saturated carbocycles. The summed E-state index contributed by atoms with van der Waals surface area (Å²) in [6, 6.07) is 0. The van der Waals surface area contributed by atoms with Crippen molar-refractivity contribution in [3.8, 4) is 0 Å². The lowest BCUT2D eigenvalue weighted by Gasteiger charge is -2.30. The molecule has 1 aromatic rings. The number of aliphatic carboxylic acids is 1. The van der Waals surface area contributed by atoms with E-state index < -0.39 is 32.2 Å². The SMILES string of the molecule is CS(=O)(=O)c1cnc(N2CCCC(C(=O)O)C2)[nH]c1=O. The number of carbonyl (C=O) groups is 1. The Kier molecular flexibility index (Phi) is 3.80. The van der Waals surface area contributed by atoms with Gasteiger partial charge in [0.2, 0.25) is 5.95 Å². The molecule has 0 amide bonds. The van der Waals surface area contributed by atoms with Crippen molar-refractivity contribution in [3.05, 3.63) is 16.6 Å². The van der Waals surface area contributed by atoms with E-state index >= 15 is 0 Å². The summed E-state index contributed by atoms with van der Waals surface area (Å²) in [7, 11) is -3.62. The third-order valence-corrected chi connectivity index (χ3v) is 4.31. The number of carboxylic acid groups (broad SMARTS) is 1. The van der Waals surface area contributed by atoms with Crippen LogP contribution in [0.25, 0.3) is 0 Å². The van der Waals surface area contributed by atoms with E-state index in [0.29, 0.717) is 19.4 Å².